The monoisotopic (exact) mass is 402 g/mol. The zero-order chi connectivity index (χ0) is 21.6. The van der Waals surface area contributed by atoms with Crippen molar-refractivity contribution in [2.24, 2.45) is 0 Å². The van der Waals surface area contributed by atoms with Gasteiger partial charge in [-0.25, -0.2) is 4.79 Å². The molecule has 0 aliphatic heterocycles. The van der Waals surface area contributed by atoms with Crippen molar-refractivity contribution in [3.8, 4) is 5.75 Å². The molecule has 2 rings (SSSR count). The Labute approximate surface area is 170 Å². The molecule has 0 unspecified atom stereocenters. The van der Waals surface area contributed by atoms with E-state index in [0.29, 0.717) is 29.7 Å². The highest BCUT2D eigenvalue weighted by Gasteiger charge is 2.21. The molecule has 1 heterocycles. The number of carbonyl (C=O) groups is 2. The summed E-state index contributed by atoms with van der Waals surface area (Å²) in [6.45, 7) is 7.26. The van der Waals surface area contributed by atoms with Gasteiger partial charge in [0, 0.05) is 17.0 Å². The Kier molecular flexibility index (Phi) is 7.82. The number of fused-ring (bicyclic) bond motifs is 1. The molecule has 2 aromatic rings. The van der Waals surface area contributed by atoms with Crippen molar-refractivity contribution < 1.29 is 23.8 Å². The lowest BCUT2D eigenvalue weighted by atomic mass is 10.0. The van der Waals surface area contributed by atoms with E-state index in [9.17, 15) is 19.5 Å². The van der Waals surface area contributed by atoms with Crippen molar-refractivity contribution in [3.05, 3.63) is 39.7 Å². The van der Waals surface area contributed by atoms with Gasteiger partial charge in [0.15, 0.2) is 6.10 Å². The van der Waals surface area contributed by atoms with Crippen LogP contribution in [-0.2, 0) is 16.0 Å². The number of aliphatic carboxylic acids is 1. The van der Waals surface area contributed by atoms with E-state index < -0.39 is 29.6 Å². The van der Waals surface area contributed by atoms with Crippen LogP contribution in [0.5, 0.6) is 5.75 Å². The minimum absolute atomic E-state index is 0.303. The summed E-state index contributed by atoms with van der Waals surface area (Å²) in [6.07, 6.45) is 2.50. The Hall–Kier alpha value is -2.83. The lowest BCUT2D eigenvalue weighted by Crippen LogP contribution is -2.51. The Morgan fingerprint density at radius 3 is 2.59 bits per heavy atom. The molecule has 0 saturated heterocycles. The van der Waals surface area contributed by atoms with Gasteiger partial charge in [0.05, 0.1) is 12.0 Å². The van der Waals surface area contributed by atoms with Crippen LogP contribution in [0.1, 0.15) is 57.6 Å². The molecule has 0 spiro atoms. The summed E-state index contributed by atoms with van der Waals surface area (Å²) in [5.41, 5.74) is 1.52. The third-order valence-electron chi connectivity index (χ3n) is 4.84. The minimum Gasteiger partial charge on any atom is -0.548 e. The molecule has 1 aromatic heterocycles. The Morgan fingerprint density at radius 2 is 1.97 bits per heavy atom. The molecule has 29 heavy (non-hydrogen) atoms. The first kappa shape index (κ1) is 22.5. The van der Waals surface area contributed by atoms with Crippen molar-refractivity contribution in [3.63, 3.8) is 0 Å². The number of amides is 1. The number of hydrogen-bond acceptors (Lipinski definition) is 6. The van der Waals surface area contributed by atoms with Crippen molar-refractivity contribution in [2.75, 3.05) is 0 Å². The van der Waals surface area contributed by atoms with Gasteiger partial charge in [-0.15, -0.1) is 0 Å². The fourth-order valence-corrected chi connectivity index (χ4v) is 3.20. The number of hydrogen-bond donors (Lipinski definition) is 1. The second kappa shape index (κ2) is 10.1. The maximum atomic E-state index is 12.4. The predicted octanol–water partition coefficient (Wildman–Crippen LogP) is 2.25. The molecule has 1 N–H and O–H groups in total. The quantitative estimate of drug-likeness (QED) is 0.611. The summed E-state index contributed by atoms with van der Waals surface area (Å²) < 4.78 is 11.1. The highest BCUT2D eigenvalue weighted by molar-refractivity contribution is 5.87. The van der Waals surface area contributed by atoms with Crippen molar-refractivity contribution >= 4 is 22.8 Å². The highest BCUT2D eigenvalue weighted by Crippen LogP contribution is 2.29. The first-order valence-electron chi connectivity index (χ1n) is 10.0. The van der Waals surface area contributed by atoms with E-state index in [2.05, 4.69) is 5.32 Å². The number of carbonyl (C=O) groups excluding carboxylic acids is 2. The van der Waals surface area contributed by atoms with E-state index in [1.807, 2.05) is 13.8 Å². The van der Waals surface area contributed by atoms with Crippen LogP contribution >= 0.6 is 0 Å². The molecule has 7 nitrogen and oxygen atoms in total. The van der Waals surface area contributed by atoms with Crippen LogP contribution < -0.4 is 20.8 Å². The van der Waals surface area contributed by atoms with Gasteiger partial charge in [-0.3, -0.25) is 4.79 Å². The minimum atomic E-state index is -1.31. The van der Waals surface area contributed by atoms with E-state index in [-0.39, 0.29) is 0 Å². The average Bonchev–Trinajstić information content (AvgIpc) is 2.67. The zero-order valence-corrected chi connectivity index (χ0v) is 17.4. The zero-order valence-electron chi connectivity index (χ0n) is 17.4. The van der Waals surface area contributed by atoms with Crippen molar-refractivity contribution in [1.82, 2.24) is 5.32 Å². The topological polar surface area (TPSA) is 109 Å². The number of aryl methyl sites for hydroxylation is 2. The van der Waals surface area contributed by atoms with E-state index in [4.69, 9.17) is 9.15 Å². The Balaban J connectivity index is 2.22. The first-order valence-corrected chi connectivity index (χ1v) is 10.0. The van der Waals surface area contributed by atoms with Crippen LogP contribution in [0.3, 0.4) is 0 Å². The molecule has 0 fully saturated rings. The Bertz CT molecular complexity index is 933. The smallest absolute Gasteiger partial charge is 0.336 e. The largest absolute Gasteiger partial charge is 0.548 e. The maximum absolute atomic E-state index is 12.4. The molecular weight excluding hydrogens is 374 g/mol. The van der Waals surface area contributed by atoms with Crippen LogP contribution in [0, 0.1) is 6.92 Å². The predicted molar refractivity (Wildman–Crippen MR) is 108 cm³/mol. The van der Waals surface area contributed by atoms with Gasteiger partial charge in [-0.1, -0.05) is 33.1 Å². The molecule has 2 atom stereocenters. The van der Waals surface area contributed by atoms with Gasteiger partial charge in [-0.05, 0) is 44.4 Å². The first-order chi connectivity index (χ1) is 13.8. The van der Waals surface area contributed by atoms with E-state index in [0.717, 1.165) is 30.2 Å². The van der Waals surface area contributed by atoms with Crippen LogP contribution in [0.25, 0.3) is 11.0 Å². The van der Waals surface area contributed by atoms with Crippen LogP contribution in [0.15, 0.2) is 27.4 Å². The number of benzene rings is 1. The standard InChI is InChI=1S/C22H29NO6/c1-5-7-9-17(22(26)27)23-21(25)14(4)28-18-11-10-16-15(8-6-2)12-19(24)29-20(16)13(18)3/h10-12,14,17H,5-9H2,1-4H3,(H,23,25)(H,26,27)/p-1/t14-,17+/m1/s1. The van der Waals surface area contributed by atoms with Gasteiger partial charge in [-0.2, -0.15) is 0 Å². The summed E-state index contributed by atoms with van der Waals surface area (Å²) in [4.78, 5) is 35.5. The van der Waals surface area contributed by atoms with Gasteiger partial charge >= 0.3 is 5.63 Å². The number of carboxylic acid groups (broad SMARTS) is 1. The molecule has 0 radical (unpaired) electrons. The molecular formula is C22H28NO6-. The second-order valence-electron chi connectivity index (χ2n) is 7.19. The maximum Gasteiger partial charge on any atom is 0.336 e. The summed E-state index contributed by atoms with van der Waals surface area (Å²) in [5, 5.41) is 14.5. The van der Waals surface area contributed by atoms with Crippen LogP contribution in [0.2, 0.25) is 0 Å². The van der Waals surface area contributed by atoms with Gasteiger partial charge < -0.3 is 24.4 Å². The molecule has 0 saturated carbocycles. The van der Waals surface area contributed by atoms with Gasteiger partial charge in [0.2, 0.25) is 0 Å². The fourth-order valence-electron chi connectivity index (χ4n) is 3.20. The van der Waals surface area contributed by atoms with E-state index in [1.54, 1.807) is 19.1 Å². The lowest BCUT2D eigenvalue weighted by Gasteiger charge is -2.23. The summed E-state index contributed by atoms with van der Waals surface area (Å²) in [5.74, 6) is -1.46. The molecule has 1 amide bonds. The van der Waals surface area contributed by atoms with E-state index in [1.165, 1.54) is 13.0 Å². The third kappa shape index (κ3) is 5.59. The van der Waals surface area contributed by atoms with Crippen molar-refractivity contribution in [1.29, 1.82) is 0 Å². The number of carboxylic acids is 1. The number of unbranched alkanes of at least 4 members (excludes halogenated alkanes) is 1. The molecule has 0 aliphatic rings. The second-order valence-corrected chi connectivity index (χ2v) is 7.19. The number of rotatable bonds is 10. The summed E-state index contributed by atoms with van der Waals surface area (Å²) in [6, 6.07) is 3.98. The average molecular weight is 402 g/mol. The van der Waals surface area contributed by atoms with Crippen molar-refractivity contribution in [2.45, 2.75) is 71.9 Å². The normalized spacial score (nSPS) is 13.1. The SMILES string of the molecule is CCCC[C@H](NC(=O)[C@@H](C)Oc1ccc2c(CCC)cc(=O)oc2c1C)C(=O)[O-]. The lowest BCUT2D eigenvalue weighted by molar-refractivity contribution is -0.308. The number of ether oxygens (including phenoxy) is 1. The Morgan fingerprint density at radius 1 is 1.24 bits per heavy atom. The molecule has 158 valence electrons. The molecule has 1 aromatic carbocycles. The molecule has 0 bridgehead atoms. The van der Waals surface area contributed by atoms with E-state index >= 15 is 0 Å². The fraction of sp³-hybridized carbons (Fsp3) is 0.500. The summed E-state index contributed by atoms with van der Waals surface area (Å²) >= 11 is 0. The molecule has 0 aliphatic carbocycles. The van der Waals surface area contributed by atoms with Gasteiger partial charge in [0.1, 0.15) is 11.3 Å². The van der Waals surface area contributed by atoms with Crippen LogP contribution in [-0.4, -0.2) is 24.0 Å². The third-order valence-corrected chi connectivity index (χ3v) is 4.84. The number of nitrogens with one attached hydrogen (secondary N) is 1. The highest BCUT2D eigenvalue weighted by atomic mass is 16.5. The molecule has 7 heteroatoms. The summed E-state index contributed by atoms with van der Waals surface area (Å²) in [7, 11) is 0. The van der Waals surface area contributed by atoms with Crippen LogP contribution in [0.4, 0.5) is 0 Å². The van der Waals surface area contributed by atoms with Gasteiger partial charge in [0.25, 0.3) is 5.91 Å².